The minimum absolute atomic E-state index is 0.636. The Labute approximate surface area is 75.5 Å². The molecule has 2 aliphatic heterocycles. The summed E-state index contributed by atoms with van der Waals surface area (Å²) in [6, 6.07) is 0. The first-order valence-corrected chi connectivity index (χ1v) is 5.52. The number of hydrogen-bond donors (Lipinski definition) is 0. The summed E-state index contributed by atoms with van der Waals surface area (Å²) in [5.74, 6) is 1.79. The van der Waals surface area contributed by atoms with Gasteiger partial charge in [-0.05, 0) is 31.1 Å². The third-order valence-electron chi connectivity index (χ3n) is 3.68. The molecule has 1 heteroatoms. The molecule has 0 radical (unpaired) electrons. The van der Waals surface area contributed by atoms with Gasteiger partial charge < -0.3 is 4.74 Å². The van der Waals surface area contributed by atoms with Crippen LogP contribution in [0.15, 0.2) is 0 Å². The zero-order valence-electron chi connectivity index (χ0n) is 8.25. The van der Waals surface area contributed by atoms with Gasteiger partial charge in [0.05, 0.1) is 12.2 Å². The second-order valence-corrected chi connectivity index (χ2v) is 4.31. The maximum Gasteiger partial charge on any atom is 0.0611 e. The maximum atomic E-state index is 5.94. The van der Waals surface area contributed by atoms with Crippen LogP contribution in [0, 0.1) is 11.8 Å². The lowest BCUT2D eigenvalue weighted by Crippen LogP contribution is -2.26. The third-order valence-corrected chi connectivity index (χ3v) is 3.68. The molecule has 0 aromatic heterocycles. The molecule has 0 saturated carbocycles. The van der Waals surface area contributed by atoms with Crippen molar-refractivity contribution >= 4 is 0 Å². The zero-order valence-corrected chi connectivity index (χ0v) is 8.25. The molecule has 0 amide bonds. The Bertz CT molecular complexity index is 155. The van der Waals surface area contributed by atoms with Crippen LogP contribution in [-0.4, -0.2) is 12.2 Å². The second-order valence-electron chi connectivity index (χ2n) is 4.31. The van der Waals surface area contributed by atoms with Gasteiger partial charge in [-0.15, -0.1) is 0 Å². The highest BCUT2D eigenvalue weighted by atomic mass is 16.5. The Morgan fingerprint density at radius 3 is 2.33 bits per heavy atom. The highest BCUT2D eigenvalue weighted by Gasteiger charge is 2.46. The van der Waals surface area contributed by atoms with Crippen molar-refractivity contribution in [3.8, 4) is 0 Å². The fourth-order valence-electron chi connectivity index (χ4n) is 3.17. The SMILES string of the molecule is CCCC1C2CCC(O2)C1CC. The van der Waals surface area contributed by atoms with Gasteiger partial charge in [-0.3, -0.25) is 0 Å². The zero-order chi connectivity index (χ0) is 8.55. The van der Waals surface area contributed by atoms with E-state index < -0.39 is 0 Å². The average molecular weight is 168 g/mol. The fourth-order valence-corrected chi connectivity index (χ4v) is 3.17. The Balaban J connectivity index is 2.01. The van der Waals surface area contributed by atoms with E-state index in [9.17, 15) is 0 Å². The lowest BCUT2D eigenvalue weighted by atomic mass is 9.76. The molecule has 70 valence electrons. The number of hydrogen-bond acceptors (Lipinski definition) is 1. The highest BCUT2D eigenvalue weighted by Crippen LogP contribution is 2.46. The van der Waals surface area contributed by atoms with Gasteiger partial charge >= 0.3 is 0 Å². The van der Waals surface area contributed by atoms with Crippen molar-refractivity contribution in [2.45, 2.75) is 58.2 Å². The summed E-state index contributed by atoms with van der Waals surface area (Å²) in [4.78, 5) is 0. The molecule has 2 aliphatic rings. The molecule has 0 N–H and O–H groups in total. The van der Waals surface area contributed by atoms with Crippen LogP contribution in [0.2, 0.25) is 0 Å². The van der Waals surface area contributed by atoms with E-state index in [4.69, 9.17) is 4.74 Å². The van der Waals surface area contributed by atoms with Crippen LogP contribution in [0.1, 0.15) is 46.0 Å². The lowest BCUT2D eigenvalue weighted by Gasteiger charge is -2.26. The third kappa shape index (κ3) is 1.19. The minimum Gasteiger partial charge on any atom is -0.374 e. The molecule has 12 heavy (non-hydrogen) atoms. The highest BCUT2D eigenvalue weighted by molar-refractivity contribution is 4.95. The van der Waals surface area contributed by atoms with E-state index >= 15 is 0 Å². The van der Waals surface area contributed by atoms with Gasteiger partial charge in [-0.1, -0.05) is 26.7 Å². The van der Waals surface area contributed by atoms with Crippen LogP contribution < -0.4 is 0 Å². The largest absolute Gasteiger partial charge is 0.374 e. The average Bonchev–Trinajstić information content (AvgIpc) is 2.64. The molecule has 1 nitrogen and oxygen atoms in total. The van der Waals surface area contributed by atoms with Crippen LogP contribution in [0.5, 0.6) is 0 Å². The van der Waals surface area contributed by atoms with Gasteiger partial charge in [0.1, 0.15) is 0 Å². The Hall–Kier alpha value is -0.0400. The van der Waals surface area contributed by atoms with E-state index in [1.54, 1.807) is 0 Å². The summed E-state index contributed by atoms with van der Waals surface area (Å²) < 4.78 is 5.94. The van der Waals surface area contributed by atoms with E-state index in [-0.39, 0.29) is 0 Å². The molecule has 4 unspecified atom stereocenters. The molecule has 0 aromatic carbocycles. The Kier molecular flexibility index (Phi) is 2.40. The minimum atomic E-state index is 0.636. The van der Waals surface area contributed by atoms with E-state index in [1.165, 1.54) is 32.1 Å². The number of rotatable bonds is 3. The molecular formula is C11H20O. The Morgan fingerprint density at radius 2 is 1.75 bits per heavy atom. The van der Waals surface area contributed by atoms with Gasteiger partial charge in [0, 0.05) is 0 Å². The quantitative estimate of drug-likeness (QED) is 0.629. The van der Waals surface area contributed by atoms with Crippen molar-refractivity contribution in [3.63, 3.8) is 0 Å². The molecule has 0 aliphatic carbocycles. The van der Waals surface area contributed by atoms with Crippen LogP contribution >= 0.6 is 0 Å². The second kappa shape index (κ2) is 3.37. The first-order chi connectivity index (χ1) is 5.86. The van der Waals surface area contributed by atoms with Crippen molar-refractivity contribution in [1.29, 1.82) is 0 Å². The molecule has 2 heterocycles. The topological polar surface area (TPSA) is 9.23 Å². The predicted octanol–water partition coefficient (Wildman–Crippen LogP) is 2.99. The molecule has 2 fully saturated rings. The van der Waals surface area contributed by atoms with Crippen molar-refractivity contribution in [3.05, 3.63) is 0 Å². The fraction of sp³-hybridized carbons (Fsp3) is 1.00. The van der Waals surface area contributed by atoms with Crippen LogP contribution in [0.4, 0.5) is 0 Å². The number of ether oxygens (including phenoxy) is 1. The summed E-state index contributed by atoms with van der Waals surface area (Å²) in [5, 5.41) is 0. The van der Waals surface area contributed by atoms with Crippen molar-refractivity contribution < 1.29 is 4.74 Å². The molecule has 2 saturated heterocycles. The Morgan fingerprint density at radius 1 is 1.08 bits per heavy atom. The van der Waals surface area contributed by atoms with E-state index in [0.29, 0.717) is 12.2 Å². The summed E-state index contributed by atoms with van der Waals surface area (Å²) in [7, 11) is 0. The number of fused-ring (bicyclic) bond motifs is 2. The standard InChI is InChI=1S/C11H20O/c1-3-5-9-8(4-2)10-6-7-11(9)12-10/h8-11H,3-7H2,1-2H3. The van der Waals surface area contributed by atoms with Gasteiger partial charge in [-0.2, -0.15) is 0 Å². The van der Waals surface area contributed by atoms with Gasteiger partial charge in [0.2, 0.25) is 0 Å². The van der Waals surface area contributed by atoms with E-state index in [1.807, 2.05) is 0 Å². The van der Waals surface area contributed by atoms with Gasteiger partial charge in [0.15, 0.2) is 0 Å². The monoisotopic (exact) mass is 168 g/mol. The van der Waals surface area contributed by atoms with Crippen molar-refractivity contribution in [2.75, 3.05) is 0 Å². The molecule has 2 rings (SSSR count). The normalized spacial score (nSPS) is 45.5. The summed E-state index contributed by atoms with van der Waals surface area (Å²) in [5.41, 5.74) is 0. The van der Waals surface area contributed by atoms with E-state index in [2.05, 4.69) is 13.8 Å². The molecule has 4 atom stereocenters. The van der Waals surface area contributed by atoms with E-state index in [0.717, 1.165) is 11.8 Å². The predicted molar refractivity (Wildman–Crippen MR) is 50.1 cm³/mol. The van der Waals surface area contributed by atoms with Crippen LogP contribution in [-0.2, 0) is 4.74 Å². The molecule has 2 bridgehead atoms. The van der Waals surface area contributed by atoms with Crippen LogP contribution in [0.25, 0.3) is 0 Å². The first kappa shape index (κ1) is 8.55. The molecule has 0 aromatic rings. The summed E-state index contributed by atoms with van der Waals surface area (Å²) in [6.45, 7) is 4.61. The molecule has 0 spiro atoms. The molecular weight excluding hydrogens is 148 g/mol. The lowest BCUT2D eigenvalue weighted by molar-refractivity contribution is 0.0861. The smallest absolute Gasteiger partial charge is 0.0611 e. The van der Waals surface area contributed by atoms with Crippen molar-refractivity contribution in [2.24, 2.45) is 11.8 Å². The van der Waals surface area contributed by atoms with Crippen LogP contribution in [0.3, 0.4) is 0 Å². The summed E-state index contributed by atoms with van der Waals surface area (Å²) in [6.07, 6.45) is 7.99. The van der Waals surface area contributed by atoms with Gasteiger partial charge in [-0.25, -0.2) is 0 Å². The summed E-state index contributed by atoms with van der Waals surface area (Å²) >= 11 is 0. The first-order valence-electron chi connectivity index (χ1n) is 5.52. The maximum absolute atomic E-state index is 5.94. The van der Waals surface area contributed by atoms with Gasteiger partial charge in [0.25, 0.3) is 0 Å². The van der Waals surface area contributed by atoms with Crippen molar-refractivity contribution in [1.82, 2.24) is 0 Å².